The van der Waals surface area contributed by atoms with E-state index in [4.69, 9.17) is 9.47 Å². The molecule has 0 aliphatic carbocycles. The van der Waals surface area contributed by atoms with Gasteiger partial charge in [0.2, 0.25) is 0 Å². The molecule has 1 heterocycles. The van der Waals surface area contributed by atoms with Crippen LogP contribution in [0.15, 0.2) is 48.5 Å². The van der Waals surface area contributed by atoms with Crippen LogP contribution < -0.4 is 25.0 Å². The number of para-hydroxylation sites is 2. The van der Waals surface area contributed by atoms with Gasteiger partial charge >= 0.3 is 11.8 Å². The molecule has 0 spiro atoms. The van der Waals surface area contributed by atoms with E-state index in [0.29, 0.717) is 23.8 Å². The molecule has 1 unspecified atom stereocenters. The van der Waals surface area contributed by atoms with Gasteiger partial charge in [0.05, 0.1) is 6.54 Å². The number of benzene rings is 2. The largest absolute Gasteiger partial charge is 0.486 e. The van der Waals surface area contributed by atoms with Gasteiger partial charge in [-0.05, 0) is 50.2 Å². The van der Waals surface area contributed by atoms with Crippen LogP contribution in [0.5, 0.6) is 11.5 Å². The molecule has 0 saturated carbocycles. The molecular weight excluding hydrogens is 358 g/mol. The summed E-state index contributed by atoms with van der Waals surface area (Å²) in [5.74, 6) is -0.121. The number of nitrogens with one attached hydrogen (secondary N) is 2. The molecule has 0 saturated heterocycles. The van der Waals surface area contributed by atoms with Gasteiger partial charge in [-0.3, -0.25) is 9.59 Å². The standard InChI is InChI=1S/C21H25N3O4/c1-3-24(4-2)16-11-9-15(10-12-16)23-21(26)20(25)22-13-17-14-27-18-7-5-6-8-19(18)28-17/h5-12,17H,3-4,13-14H2,1-2H3,(H,22,25)(H,23,26). The smallest absolute Gasteiger partial charge is 0.313 e. The maximum absolute atomic E-state index is 12.1. The molecule has 148 valence electrons. The molecule has 7 nitrogen and oxygen atoms in total. The number of rotatable bonds is 6. The molecule has 3 rings (SSSR count). The van der Waals surface area contributed by atoms with Crippen molar-refractivity contribution in [2.45, 2.75) is 20.0 Å². The maximum atomic E-state index is 12.1. The van der Waals surface area contributed by atoms with Crippen molar-refractivity contribution in [3.8, 4) is 11.5 Å². The van der Waals surface area contributed by atoms with Crippen LogP contribution in [0.4, 0.5) is 11.4 Å². The van der Waals surface area contributed by atoms with Crippen molar-refractivity contribution in [1.82, 2.24) is 5.32 Å². The third-order valence-corrected chi connectivity index (χ3v) is 4.52. The highest BCUT2D eigenvalue weighted by Crippen LogP contribution is 2.30. The summed E-state index contributed by atoms with van der Waals surface area (Å²) in [5.41, 5.74) is 1.64. The van der Waals surface area contributed by atoms with Gasteiger partial charge in [-0.1, -0.05) is 12.1 Å². The minimum absolute atomic E-state index is 0.182. The average molecular weight is 383 g/mol. The van der Waals surface area contributed by atoms with Gasteiger partial charge < -0.3 is 25.0 Å². The van der Waals surface area contributed by atoms with Crippen LogP contribution in [0.1, 0.15) is 13.8 Å². The number of hydrogen-bond donors (Lipinski definition) is 2. The summed E-state index contributed by atoms with van der Waals surface area (Å²) in [6.07, 6.45) is -0.347. The van der Waals surface area contributed by atoms with E-state index in [1.165, 1.54) is 0 Å². The van der Waals surface area contributed by atoms with Crippen LogP contribution in [0, 0.1) is 0 Å². The topological polar surface area (TPSA) is 79.9 Å². The fourth-order valence-electron chi connectivity index (χ4n) is 2.98. The zero-order chi connectivity index (χ0) is 19.9. The number of carbonyl (C=O) groups excluding carboxylic acids is 2. The Balaban J connectivity index is 1.48. The van der Waals surface area contributed by atoms with E-state index in [-0.39, 0.29) is 12.6 Å². The van der Waals surface area contributed by atoms with Crippen molar-refractivity contribution in [3.05, 3.63) is 48.5 Å². The molecule has 0 bridgehead atoms. The first-order chi connectivity index (χ1) is 13.6. The maximum Gasteiger partial charge on any atom is 0.313 e. The molecule has 0 aromatic heterocycles. The van der Waals surface area contributed by atoms with E-state index in [0.717, 1.165) is 18.8 Å². The SMILES string of the molecule is CCN(CC)c1ccc(NC(=O)C(=O)NCC2COc3ccccc3O2)cc1. The van der Waals surface area contributed by atoms with Crippen molar-refractivity contribution in [1.29, 1.82) is 0 Å². The van der Waals surface area contributed by atoms with Crippen LogP contribution in [0.25, 0.3) is 0 Å². The van der Waals surface area contributed by atoms with E-state index in [9.17, 15) is 9.59 Å². The fraction of sp³-hybridized carbons (Fsp3) is 0.333. The molecule has 2 N–H and O–H groups in total. The number of anilines is 2. The lowest BCUT2D eigenvalue weighted by atomic mass is 10.2. The summed E-state index contributed by atoms with van der Waals surface area (Å²) >= 11 is 0. The van der Waals surface area contributed by atoms with Crippen LogP contribution in [0.2, 0.25) is 0 Å². The number of nitrogens with zero attached hydrogens (tertiary/aromatic N) is 1. The number of hydrogen-bond acceptors (Lipinski definition) is 5. The van der Waals surface area contributed by atoms with E-state index in [1.807, 2.05) is 30.3 Å². The molecule has 1 aliphatic rings. The van der Waals surface area contributed by atoms with Crippen molar-refractivity contribution in [3.63, 3.8) is 0 Å². The van der Waals surface area contributed by atoms with Gasteiger partial charge in [-0.2, -0.15) is 0 Å². The highest BCUT2D eigenvalue weighted by atomic mass is 16.6. The number of carbonyl (C=O) groups is 2. The lowest BCUT2D eigenvalue weighted by Gasteiger charge is -2.26. The normalized spacial score (nSPS) is 14.9. The van der Waals surface area contributed by atoms with Gasteiger partial charge in [-0.25, -0.2) is 0 Å². The number of amides is 2. The Kier molecular flexibility index (Phi) is 6.37. The minimum atomic E-state index is -0.715. The molecule has 2 amide bonds. The summed E-state index contributed by atoms with van der Waals surface area (Å²) in [5, 5.41) is 5.19. The summed E-state index contributed by atoms with van der Waals surface area (Å²) in [6, 6.07) is 14.8. The van der Waals surface area contributed by atoms with E-state index >= 15 is 0 Å². The van der Waals surface area contributed by atoms with Gasteiger partial charge in [-0.15, -0.1) is 0 Å². The first-order valence-electron chi connectivity index (χ1n) is 9.43. The zero-order valence-corrected chi connectivity index (χ0v) is 16.1. The van der Waals surface area contributed by atoms with Crippen LogP contribution in [0.3, 0.4) is 0 Å². The predicted molar refractivity (Wildman–Crippen MR) is 108 cm³/mol. The Labute approximate surface area is 164 Å². The molecule has 28 heavy (non-hydrogen) atoms. The van der Waals surface area contributed by atoms with Gasteiger partial charge in [0.1, 0.15) is 12.7 Å². The summed E-state index contributed by atoms with van der Waals surface area (Å²) in [7, 11) is 0. The minimum Gasteiger partial charge on any atom is -0.486 e. The second-order valence-corrected chi connectivity index (χ2v) is 6.38. The van der Waals surface area contributed by atoms with E-state index in [1.54, 1.807) is 18.2 Å². The lowest BCUT2D eigenvalue weighted by Crippen LogP contribution is -2.44. The van der Waals surface area contributed by atoms with Crippen LogP contribution in [-0.2, 0) is 9.59 Å². The molecule has 2 aromatic carbocycles. The number of ether oxygens (including phenoxy) is 2. The lowest BCUT2D eigenvalue weighted by molar-refractivity contribution is -0.136. The third-order valence-electron chi connectivity index (χ3n) is 4.52. The zero-order valence-electron chi connectivity index (χ0n) is 16.1. The molecule has 2 aromatic rings. The molecule has 0 radical (unpaired) electrons. The van der Waals surface area contributed by atoms with E-state index in [2.05, 4.69) is 29.4 Å². The quantitative estimate of drug-likeness (QED) is 0.749. The Morgan fingerprint density at radius 1 is 1.00 bits per heavy atom. The first kappa shape index (κ1) is 19.5. The van der Waals surface area contributed by atoms with Gasteiger partial charge in [0, 0.05) is 24.5 Å². The van der Waals surface area contributed by atoms with Crippen molar-refractivity contribution < 1.29 is 19.1 Å². The molecular formula is C21H25N3O4. The monoisotopic (exact) mass is 383 g/mol. The highest BCUT2D eigenvalue weighted by molar-refractivity contribution is 6.39. The summed E-state index contributed by atoms with van der Waals surface area (Å²) in [6.45, 7) is 6.48. The Hall–Kier alpha value is -3.22. The van der Waals surface area contributed by atoms with Gasteiger partial charge in [0.15, 0.2) is 11.5 Å². The van der Waals surface area contributed by atoms with Crippen LogP contribution >= 0.6 is 0 Å². The van der Waals surface area contributed by atoms with Crippen molar-refractivity contribution in [2.24, 2.45) is 0 Å². The van der Waals surface area contributed by atoms with Crippen LogP contribution in [-0.4, -0.2) is 44.2 Å². The molecule has 0 fully saturated rings. The molecule has 1 aliphatic heterocycles. The van der Waals surface area contributed by atoms with E-state index < -0.39 is 11.8 Å². The Morgan fingerprint density at radius 2 is 1.68 bits per heavy atom. The Bertz CT molecular complexity index is 819. The van der Waals surface area contributed by atoms with Crippen molar-refractivity contribution in [2.75, 3.05) is 36.5 Å². The predicted octanol–water partition coefficient (Wildman–Crippen LogP) is 2.43. The Morgan fingerprint density at radius 3 is 2.36 bits per heavy atom. The first-order valence-corrected chi connectivity index (χ1v) is 9.43. The van der Waals surface area contributed by atoms with Gasteiger partial charge in [0.25, 0.3) is 0 Å². The summed E-state index contributed by atoms with van der Waals surface area (Å²) < 4.78 is 11.4. The third kappa shape index (κ3) is 4.73. The van der Waals surface area contributed by atoms with Crippen molar-refractivity contribution >= 4 is 23.2 Å². The second kappa shape index (κ2) is 9.12. The summed E-state index contributed by atoms with van der Waals surface area (Å²) in [4.78, 5) is 26.4. The average Bonchev–Trinajstić information content (AvgIpc) is 2.73. The second-order valence-electron chi connectivity index (χ2n) is 6.38. The number of fused-ring (bicyclic) bond motifs is 1. The fourth-order valence-corrected chi connectivity index (χ4v) is 2.98. The highest BCUT2D eigenvalue weighted by Gasteiger charge is 2.22. The molecule has 7 heteroatoms. The molecule has 1 atom stereocenters.